The zero-order chi connectivity index (χ0) is 31.6. The third-order valence-electron chi connectivity index (χ3n) is 7.55. The number of aromatic nitrogens is 1. The summed E-state index contributed by atoms with van der Waals surface area (Å²) >= 11 is 6.58. The molecule has 0 bridgehead atoms. The van der Waals surface area contributed by atoms with E-state index in [1.807, 2.05) is 49.4 Å². The number of nitrogens with one attached hydrogen (secondary N) is 2. The molecule has 2 N–H and O–H groups in total. The van der Waals surface area contributed by atoms with Crippen molar-refractivity contribution in [1.82, 2.24) is 9.88 Å². The van der Waals surface area contributed by atoms with Crippen molar-refractivity contribution in [3.63, 3.8) is 0 Å². The van der Waals surface area contributed by atoms with Crippen LogP contribution < -0.4 is 20.1 Å². The molecule has 3 aromatic carbocycles. The molecule has 0 saturated carbocycles. The molecule has 1 aliphatic heterocycles. The summed E-state index contributed by atoms with van der Waals surface area (Å²) in [5, 5.41) is 17.3. The summed E-state index contributed by atoms with van der Waals surface area (Å²) in [5.41, 5.74) is 3.63. The second-order valence-electron chi connectivity index (χ2n) is 10.6. The van der Waals surface area contributed by atoms with E-state index >= 15 is 0 Å². The average molecular weight is 626 g/mol. The molecule has 1 atom stereocenters. The number of nitriles is 1. The Hall–Kier alpha value is -4.62. The van der Waals surface area contributed by atoms with Crippen LogP contribution in [0.5, 0.6) is 11.5 Å². The number of amides is 1. The van der Waals surface area contributed by atoms with E-state index in [0.717, 1.165) is 24.9 Å². The maximum atomic E-state index is 13.0. The van der Waals surface area contributed by atoms with Gasteiger partial charge in [0.05, 0.1) is 40.7 Å². The van der Waals surface area contributed by atoms with Crippen LogP contribution >= 0.6 is 11.6 Å². The molecule has 45 heavy (non-hydrogen) atoms. The fraction of sp³-hybridized carbons (Fsp3) is 0.286. The first-order chi connectivity index (χ1) is 22.0. The van der Waals surface area contributed by atoms with Gasteiger partial charge in [-0.2, -0.15) is 5.26 Å². The number of methoxy groups -OCH3 is 1. The van der Waals surface area contributed by atoms with E-state index in [4.69, 9.17) is 25.8 Å². The summed E-state index contributed by atoms with van der Waals surface area (Å²) in [7, 11) is 1.71. The molecule has 0 spiro atoms. The number of fused-ring (bicyclic) bond motifs is 1. The number of hydrogen-bond donors (Lipinski definition) is 2. The van der Waals surface area contributed by atoms with Gasteiger partial charge in [0.25, 0.3) is 0 Å². The Morgan fingerprint density at radius 1 is 1.16 bits per heavy atom. The summed E-state index contributed by atoms with van der Waals surface area (Å²) in [5.74, 6) is 0.747. The van der Waals surface area contributed by atoms with Gasteiger partial charge in [-0.15, -0.1) is 0 Å². The van der Waals surface area contributed by atoms with Crippen molar-refractivity contribution < 1.29 is 19.0 Å². The number of hydrogen-bond acceptors (Lipinski definition) is 8. The minimum absolute atomic E-state index is 0.283. The summed E-state index contributed by atoms with van der Waals surface area (Å²) in [6, 6.07) is 21.3. The number of pyridine rings is 1. The first-order valence-corrected chi connectivity index (χ1v) is 15.3. The van der Waals surface area contributed by atoms with Crippen molar-refractivity contribution in [3.05, 3.63) is 95.2 Å². The van der Waals surface area contributed by atoms with Gasteiger partial charge in [-0.05, 0) is 56.1 Å². The SMILES string of the molecule is CCOc1cc2ncc(C#N)c(Nc3ccc(OCc4ccccc4)c(Cl)c3)c2cc1NC(=O)C=CCN1CCCC1COC. The predicted molar refractivity (Wildman–Crippen MR) is 177 cm³/mol. The molecule has 10 heteroatoms. The number of carbonyl (C=O) groups excluding carboxylic acids is 1. The first-order valence-electron chi connectivity index (χ1n) is 14.9. The lowest BCUT2D eigenvalue weighted by Crippen LogP contribution is -2.33. The van der Waals surface area contributed by atoms with Crippen molar-refractivity contribution in [2.45, 2.75) is 32.4 Å². The number of nitrogens with zero attached hydrogens (tertiary/aromatic N) is 3. The van der Waals surface area contributed by atoms with Crippen LogP contribution in [-0.2, 0) is 16.1 Å². The van der Waals surface area contributed by atoms with E-state index in [0.29, 0.717) is 82.5 Å². The summed E-state index contributed by atoms with van der Waals surface area (Å²) < 4.78 is 17.1. The molecule has 1 aromatic heterocycles. The minimum Gasteiger partial charge on any atom is -0.492 e. The molecule has 1 fully saturated rings. The van der Waals surface area contributed by atoms with Crippen molar-refractivity contribution in [2.75, 3.05) is 44.0 Å². The fourth-order valence-corrected chi connectivity index (χ4v) is 5.61. The van der Waals surface area contributed by atoms with Crippen LogP contribution in [0.4, 0.5) is 17.1 Å². The highest BCUT2D eigenvalue weighted by Crippen LogP contribution is 2.37. The normalized spacial score (nSPS) is 14.8. The Morgan fingerprint density at radius 2 is 2.00 bits per heavy atom. The second-order valence-corrected chi connectivity index (χ2v) is 11.0. The lowest BCUT2D eigenvalue weighted by molar-refractivity contribution is -0.111. The molecule has 1 amide bonds. The fourth-order valence-electron chi connectivity index (χ4n) is 5.37. The Kier molecular flexibility index (Phi) is 10.9. The topological polar surface area (TPSA) is 109 Å². The maximum Gasteiger partial charge on any atom is 0.248 e. The van der Waals surface area contributed by atoms with Gasteiger partial charge >= 0.3 is 0 Å². The molecule has 4 aromatic rings. The van der Waals surface area contributed by atoms with Crippen molar-refractivity contribution in [1.29, 1.82) is 5.26 Å². The molecule has 1 saturated heterocycles. The molecule has 2 heterocycles. The van der Waals surface area contributed by atoms with Crippen LogP contribution in [0.25, 0.3) is 10.9 Å². The highest BCUT2D eigenvalue weighted by atomic mass is 35.5. The Labute approximate surface area is 268 Å². The van der Waals surface area contributed by atoms with Gasteiger partial charge < -0.3 is 24.8 Å². The standard InChI is InChI=1S/C35H36ClN5O4/c1-3-44-33-19-30-28(18-31(33)40-34(42)12-8-16-41-15-7-11-27(41)23-43-2)35(25(20-37)21-38-30)39-26-13-14-32(29(36)17-26)45-22-24-9-5-4-6-10-24/h4-6,8-10,12-14,17-19,21,27H,3,7,11,15-16,22-23H2,1-2H3,(H,38,39)(H,40,42). The number of carbonyl (C=O) groups is 1. The number of halogens is 1. The molecular weight excluding hydrogens is 590 g/mol. The predicted octanol–water partition coefficient (Wildman–Crippen LogP) is 7.09. The third-order valence-corrected chi connectivity index (χ3v) is 7.85. The largest absolute Gasteiger partial charge is 0.492 e. The molecule has 1 aliphatic rings. The van der Waals surface area contributed by atoms with Gasteiger partial charge in [0.2, 0.25) is 5.91 Å². The van der Waals surface area contributed by atoms with Gasteiger partial charge in [0, 0.05) is 49.1 Å². The number of rotatable bonds is 13. The first kappa shape index (κ1) is 31.8. The van der Waals surface area contributed by atoms with E-state index in [2.05, 4.69) is 26.6 Å². The van der Waals surface area contributed by atoms with Crippen LogP contribution in [0.1, 0.15) is 30.9 Å². The maximum absolute atomic E-state index is 13.0. The summed E-state index contributed by atoms with van der Waals surface area (Å²) in [6.07, 6.45) is 7.13. The molecule has 5 rings (SSSR count). The number of ether oxygens (including phenoxy) is 3. The molecule has 0 radical (unpaired) electrons. The van der Waals surface area contributed by atoms with Gasteiger partial charge in [0.15, 0.2) is 0 Å². The smallest absolute Gasteiger partial charge is 0.248 e. The van der Waals surface area contributed by atoms with Crippen molar-refractivity contribution >= 4 is 45.5 Å². The Balaban J connectivity index is 1.37. The molecule has 9 nitrogen and oxygen atoms in total. The van der Waals surface area contributed by atoms with Crippen LogP contribution in [-0.4, -0.2) is 55.2 Å². The highest BCUT2D eigenvalue weighted by molar-refractivity contribution is 6.32. The highest BCUT2D eigenvalue weighted by Gasteiger charge is 2.23. The van der Waals surface area contributed by atoms with Gasteiger partial charge in [-0.25, -0.2) is 0 Å². The summed E-state index contributed by atoms with van der Waals surface area (Å²) in [6.45, 7) is 5.00. The van der Waals surface area contributed by atoms with E-state index in [-0.39, 0.29) is 5.91 Å². The molecule has 0 aliphatic carbocycles. The Morgan fingerprint density at radius 3 is 2.76 bits per heavy atom. The van der Waals surface area contributed by atoms with Gasteiger partial charge in [-0.1, -0.05) is 48.0 Å². The van der Waals surface area contributed by atoms with Crippen molar-refractivity contribution in [3.8, 4) is 17.6 Å². The van der Waals surface area contributed by atoms with Crippen LogP contribution in [0, 0.1) is 11.3 Å². The van der Waals surface area contributed by atoms with E-state index in [1.165, 1.54) is 12.3 Å². The zero-order valence-corrected chi connectivity index (χ0v) is 26.1. The Bertz CT molecular complexity index is 1710. The average Bonchev–Trinajstić information content (AvgIpc) is 3.49. The van der Waals surface area contributed by atoms with E-state index in [1.54, 1.807) is 31.4 Å². The number of benzene rings is 3. The lowest BCUT2D eigenvalue weighted by Gasteiger charge is -2.21. The second kappa shape index (κ2) is 15.4. The molecular formula is C35H36ClN5O4. The van der Waals surface area contributed by atoms with Crippen LogP contribution in [0.3, 0.4) is 0 Å². The molecule has 1 unspecified atom stereocenters. The third kappa shape index (κ3) is 8.11. The monoisotopic (exact) mass is 625 g/mol. The van der Waals surface area contributed by atoms with Crippen molar-refractivity contribution in [2.24, 2.45) is 0 Å². The quantitative estimate of drug-likeness (QED) is 0.152. The number of likely N-dealkylation sites (tertiary alicyclic amines) is 1. The molecule has 232 valence electrons. The van der Waals surface area contributed by atoms with Gasteiger partial charge in [-0.3, -0.25) is 14.7 Å². The van der Waals surface area contributed by atoms with Crippen LogP contribution in [0.15, 0.2) is 79.0 Å². The lowest BCUT2D eigenvalue weighted by atomic mass is 10.1. The van der Waals surface area contributed by atoms with E-state index < -0.39 is 0 Å². The van der Waals surface area contributed by atoms with Gasteiger partial charge in [0.1, 0.15) is 24.2 Å². The minimum atomic E-state index is -0.283. The summed E-state index contributed by atoms with van der Waals surface area (Å²) in [4.78, 5) is 19.8. The number of anilines is 3. The zero-order valence-electron chi connectivity index (χ0n) is 25.4. The van der Waals surface area contributed by atoms with Crippen LogP contribution in [0.2, 0.25) is 5.02 Å². The van der Waals surface area contributed by atoms with E-state index in [9.17, 15) is 10.1 Å².